The van der Waals surface area contributed by atoms with E-state index >= 15 is 0 Å². The average molecular weight is 367 g/mol. The molecule has 2 atom stereocenters. The molecule has 3 heterocycles. The number of thioether (sulfide) groups is 1. The standard InChI is InChI=1S/C16H22N4O2S2/c1-10(23-3)16(21)20-7-5-4-6-13(20)14-17-8-12(18-14)11-9-24-19-15(11)22-2/h8-10,13H,4-7H2,1-3H3,(H,17,18). The van der Waals surface area contributed by atoms with Gasteiger partial charge in [-0.3, -0.25) is 4.79 Å². The van der Waals surface area contributed by atoms with Crippen LogP contribution in [0.3, 0.4) is 0 Å². The summed E-state index contributed by atoms with van der Waals surface area (Å²) < 4.78 is 9.50. The Morgan fingerprint density at radius 3 is 3.12 bits per heavy atom. The Labute approximate surface area is 150 Å². The van der Waals surface area contributed by atoms with E-state index in [1.165, 1.54) is 11.5 Å². The van der Waals surface area contributed by atoms with Gasteiger partial charge in [-0.05, 0) is 44.0 Å². The van der Waals surface area contributed by atoms with Crippen molar-refractivity contribution >= 4 is 29.2 Å². The van der Waals surface area contributed by atoms with Crippen molar-refractivity contribution in [3.05, 3.63) is 17.4 Å². The van der Waals surface area contributed by atoms with Crippen LogP contribution in [0.1, 0.15) is 38.1 Å². The van der Waals surface area contributed by atoms with Crippen molar-refractivity contribution in [2.45, 2.75) is 37.5 Å². The van der Waals surface area contributed by atoms with Crippen molar-refractivity contribution in [1.82, 2.24) is 19.2 Å². The molecule has 1 saturated heterocycles. The van der Waals surface area contributed by atoms with E-state index in [1.54, 1.807) is 25.1 Å². The third-order valence-electron chi connectivity index (χ3n) is 4.42. The van der Waals surface area contributed by atoms with Crippen LogP contribution >= 0.6 is 23.3 Å². The molecule has 0 aromatic carbocycles. The minimum atomic E-state index is -0.0267. The first kappa shape index (κ1) is 17.3. The van der Waals surface area contributed by atoms with Crippen LogP contribution in [0.15, 0.2) is 11.6 Å². The summed E-state index contributed by atoms with van der Waals surface area (Å²) in [6.45, 7) is 2.77. The molecule has 130 valence electrons. The number of aromatic amines is 1. The predicted molar refractivity (Wildman–Crippen MR) is 97.5 cm³/mol. The first-order valence-electron chi connectivity index (χ1n) is 8.02. The third kappa shape index (κ3) is 3.30. The van der Waals surface area contributed by atoms with E-state index in [0.29, 0.717) is 5.88 Å². The van der Waals surface area contributed by atoms with Crippen molar-refractivity contribution < 1.29 is 9.53 Å². The molecular formula is C16H22N4O2S2. The maximum absolute atomic E-state index is 12.7. The summed E-state index contributed by atoms with van der Waals surface area (Å²) in [5.74, 6) is 1.64. The zero-order chi connectivity index (χ0) is 17.1. The molecule has 0 bridgehead atoms. The second-order valence-electron chi connectivity index (χ2n) is 5.84. The van der Waals surface area contributed by atoms with Crippen molar-refractivity contribution in [2.75, 3.05) is 19.9 Å². The van der Waals surface area contributed by atoms with Crippen LogP contribution in [0, 0.1) is 0 Å². The Morgan fingerprint density at radius 1 is 1.54 bits per heavy atom. The molecule has 8 heteroatoms. The Balaban J connectivity index is 1.85. The lowest BCUT2D eigenvalue weighted by atomic mass is 10.0. The van der Waals surface area contributed by atoms with Gasteiger partial charge in [-0.15, -0.1) is 0 Å². The van der Waals surface area contributed by atoms with Gasteiger partial charge in [0.2, 0.25) is 11.8 Å². The molecule has 0 radical (unpaired) electrons. The molecule has 0 aliphatic carbocycles. The number of aromatic nitrogens is 3. The minimum absolute atomic E-state index is 0.0205. The number of hydrogen-bond donors (Lipinski definition) is 1. The average Bonchev–Trinajstić information content (AvgIpc) is 3.28. The lowest BCUT2D eigenvalue weighted by Gasteiger charge is -2.36. The Morgan fingerprint density at radius 2 is 2.38 bits per heavy atom. The van der Waals surface area contributed by atoms with E-state index in [9.17, 15) is 4.79 Å². The predicted octanol–water partition coefficient (Wildman–Crippen LogP) is 3.35. The maximum Gasteiger partial charge on any atom is 0.236 e. The molecule has 1 aliphatic heterocycles. The van der Waals surface area contributed by atoms with E-state index in [2.05, 4.69) is 14.3 Å². The quantitative estimate of drug-likeness (QED) is 0.879. The molecule has 1 aliphatic rings. The first-order chi connectivity index (χ1) is 11.7. The van der Waals surface area contributed by atoms with Crippen molar-refractivity contribution in [1.29, 1.82) is 0 Å². The number of rotatable bonds is 5. The molecule has 6 nitrogen and oxygen atoms in total. The number of nitrogens with zero attached hydrogens (tertiary/aromatic N) is 3. The van der Waals surface area contributed by atoms with Gasteiger partial charge in [-0.1, -0.05) is 0 Å². The van der Waals surface area contributed by atoms with E-state index in [0.717, 1.165) is 42.9 Å². The summed E-state index contributed by atoms with van der Waals surface area (Å²) in [5.41, 5.74) is 1.79. The van der Waals surface area contributed by atoms with Gasteiger partial charge in [-0.2, -0.15) is 16.1 Å². The van der Waals surface area contributed by atoms with Crippen LogP contribution < -0.4 is 4.74 Å². The minimum Gasteiger partial charge on any atom is -0.480 e. The third-order valence-corrected chi connectivity index (χ3v) is 5.94. The fourth-order valence-electron chi connectivity index (χ4n) is 3.01. The molecule has 1 N–H and O–H groups in total. The number of H-pyrrole nitrogens is 1. The van der Waals surface area contributed by atoms with Crippen LogP contribution in [-0.4, -0.2) is 50.3 Å². The highest BCUT2D eigenvalue weighted by atomic mass is 32.2. The largest absolute Gasteiger partial charge is 0.480 e. The highest BCUT2D eigenvalue weighted by molar-refractivity contribution is 7.99. The van der Waals surface area contributed by atoms with E-state index < -0.39 is 0 Å². The smallest absolute Gasteiger partial charge is 0.236 e. The number of carbonyl (C=O) groups is 1. The fraction of sp³-hybridized carbons (Fsp3) is 0.562. The Hall–Kier alpha value is -1.54. The monoisotopic (exact) mass is 366 g/mol. The molecule has 1 amide bonds. The summed E-state index contributed by atoms with van der Waals surface area (Å²) >= 11 is 2.94. The van der Waals surface area contributed by atoms with Crippen molar-refractivity contribution in [2.24, 2.45) is 0 Å². The van der Waals surface area contributed by atoms with Crippen LogP contribution in [0.25, 0.3) is 11.3 Å². The zero-order valence-corrected chi connectivity index (χ0v) is 15.7. The number of methoxy groups -OCH3 is 1. The Bertz CT molecular complexity index is 700. The van der Waals surface area contributed by atoms with Gasteiger partial charge in [0.15, 0.2) is 0 Å². The van der Waals surface area contributed by atoms with Gasteiger partial charge in [-0.25, -0.2) is 4.98 Å². The molecule has 1 fully saturated rings. The number of imidazole rings is 1. The number of carbonyl (C=O) groups excluding carboxylic acids is 1. The summed E-state index contributed by atoms with van der Waals surface area (Å²) in [5, 5.41) is 1.91. The van der Waals surface area contributed by atoms with E-state index in [-0.39, 0.29) is 17.2 Å². The van der Waals surface area contributed by atoms with Gasteiger partial charge in [0, 0.05) is 11.9 Å². The fourth-order valence-corrected chi connectivity index (χ4v) is 4.00. The zero-order valence-electron chi connectivity index (χ0n) is 14.1. The van der Waals surface area contributed by atoms with Gasteiger partial charge in [0.1, 0.15) is 5.82 Å². The molecule has 2 unspecified atom stereocenters. The van der Waals surface area contributed by atoms with Crippen molar-refractivity contribution in [3.8, 4) is 17.1 Å². The summed E-state index contributed by atoms with van der Waals surface area (Å²) in [4.78, 5) is 22.6. The number of amides is 1. The number of hydrogen-bond acceptors (Lipinski definition) is 6. The van der Waals surface area contributed by atoms with Crippen LogP contribution in [-0.2, 0) is 4.79 Å². The second kappa shape index (κ2) is 7.57. The lowest BCUT2D eigenvalue weighted by molar-refractivity contribution is -0.134. The van der Waals surface area contributed by atoms with Gasteiger partial charge in [0.05, 0.1) is 35.9 Å². The highest BCUT2D eigenvalue weighted by Gasteiger charge is 2.32. The number of nitrogens with one attached hydrogen (secondary N) is 1. The SMILES string of the molecule is COc1nscc1-c1cnc(C2CCCCN2C(=O)C(C)SC)[nH]1. The first-order valence-corrected chi connectivity index (χ1v) is 10.1. The van der Waals surface area contributed by atoms with Gasteiger partial charge in [0.25, 0.3) is 0 Å². The molecule has 2 aromatic heterocycles. The second-order valence-corrected chi connectivity index (χ2v) is 7.65. The van der Waals surface area contributed by atoms with E-state index in [1.807, 2.05) is 23.5 Å². The molecule has 0 saturated carbocycles. The van der Waals surface area contributed by atoms with Gasteiger partial charge >= 0.3 is 0 Å². The number of piperidine rings is 1. The maximum atomic E-state index is 12.7. The summed E-state index contributed by atoms with van der Waals surface area (Å²) in [6.07, 6.45) is 6.89. The Kier molecular flexibility index (Phi) is 5.45. The highest BCUT2D eigenvalue weighted by Crippen LogP contribution is 2.34. The molecule has 0 spiro atoms. The lowest BCUT2D eigenvalue weighted by Crippen LogP contribution is -2.42. The van der Waals surface area contributed by atoms with Crippen LogP contribution in [0.2, 0.25) is 0 Å². The number of ether oxygens (including phenoxy) is 1. The van der Waals surface area contributed by atoms with E-state index in [4.69, 9.17) is 4.74 Å². The molecule has 2 aromatic rings. The van der Waals surface area contributed by atoms with Gasteiger partial charge < -0.3 is 14.6 Å². The molecular weight excluding hydrogens is 344 g/mol. The molecule has 24 heavy (non-hydrogen) atoms. The summed E-state index contributed by atoms with van der Waals surface area (Å²) in [6, 6.07) is 0.0205. The van der Waals surface area contributed by atoms with Crippen LogP contribution in [0.4, 0.5) is 0 Å². The normalized spacial score (nSPS) is 19.3. The summed E-state index contributed by atoms with van der Waals surface area (Å²) in [7, 11) is 1.61. The van der Waals surface area contributed by atoms with Crippen molar-refractivity contribution in [3.63, 3.8) is 0 Å². The number of likely N-dealkylation sites (tertiary alicyclic amines) is 1. The topological polar surface area (TPSA) is 71.1 Å². The molecule has 3 rings (SSSR count). The van der Waals surface area contributed by atoms with Crippen LogP contribution in [0.5, 0.6) is 5.88 Å².